The number of methoxy groups -OCH3 is 1. The predicted molar refractivity (Wildman–Crippen MR) is 71.3 cm³/mol. The fourth-order valence-corrected chi connectivity index (χ4v) is 1.60. The summed E-state index contributed by atoms with van der Waals surface area (Å²) >= 11 is 0. The van der Waals surface area contributed by atoms with E-state index in [0.717, 1.165) is 19.3 Å². The Morgan fingerprint density at radius 3 is 2.17 bits per heavy atom. The van der Waals surface area contributed by atoms with Crippen LogP contribution < -0.4 is 10.6 Å². The number of amides is 2. The molecule has 0 rings (SSSR count). The van der Waals surface area contributed by atoms with Crippen LogP contribution in [0.25, 0.3) is 0 Å². The van der Waals surface area contributed by atoms with E-state index < -0.39 is 12.0 Å². The third kappa shape index (κ3) is 7.92. The average Bonchev–Trinajstić information content (AvgIpc) is 2.26. The highest BCUT2D eigenvalue weighted by Gasteiger charge is 2.16. The minimum absolute atomic E-state index is 0.105. The van der Waals surface area contributed by atoms with Gasteiger partial charge >= 0.3 is 12.0 Å². The van der Waals surface area contributed by atoms with Gasteiger partial charge in [0.25, 0.3) is 0 Å². The molecule has 0 unspecified atom stereocenters. The van der Waals surface area contributed by atoms with Crippen molar-refractivity contribution in [1.82, 2.24) is 10.6 Å². The lowest BCUT2D eigenvalue weighted by molar-refractivity contribution is -0.142. The van der Waals surface area contributed by atoms with Crippen molar-refractivity contribution in [2.75, 3.05) is 7.11 Å². The van der Waals surface area contributed by atoms with Crippen LogP contribution in [0.3, 0.4) is 0 Å². The van der Waals surface area contributed by atoms with E-state index in [1.54, 1.807) is 6.92 Å². The summed E-state index contributed by atoms with van der Waals surface area (Å²) in [4.78, 5) is 22.7. The van der Waals surface area contributed by atoms with E-state index in [2.05, 4.69) is 29.2 Å². The number of urea groups is 1. The lowest BCUT2D eigenvalue weighted by atomic mass is 10.0. The van der Waals surface area contributed by atoms with Crippen molar-refractivity contribution >= 4 is 12.0 Å². The van der Waals surface area contributed by atoms with Crippen molar-refractivity contribution in [3.63, 3.8) is 0 Å². The second kappa shape index (κ2) is 8.78. The number of hydrogen-bond acceptors (Lipinski definition) is 3. The third-order valence-corrected chi connectivity index (χ3v) is 2.70. The molecule has 0 saturated heterocycles. The van der Waals surface area contributed by atoms with E-state index in [-0.39, 0.29) is 12.1 Å². The van der Waals surface area contributed by atoms with E-state index in [1.807, 2.05) is 6.92 Å². The van der Waals surface area contributed by atoms with Gasteiger partial charge < -0.3 is 15.4 Å². The molecule has 0 spiro atoms. The van der Waals surface area contributed by atoms with Crippen LogP contribution in [-0.2, 0) is 9.53 Å². The Kier molecular flexibility index (Phi) is 8.16. The number of rotatable bonds is 7. The van der Waals surface area contributed by atoms with Crippen LogP contribution in [0, 0.1) is 5.92 Å². The molecule has 5 nitrogen and oxygen atoms in total. The van der Waals surface area contributed by atoms with E-state index in [1.165, 1.54) is 7.11 Å². The Labute approximate surface area is 110 Å². The Hall–Kier alpha value is -1.26. The molecular weight excluding hydrogens is 232 g/mol. The van der Waals surface area contributed by atoms with Crippen LogP contribution in [0.4, 0.5) is 4.79 Å². The summed E-state index contributed by atoms with van der Waals surface area (Å²) in [5.74, 6) is 0.239. The molecule has 106 valence electrons. The van der Waals surface area contributed by atoms with Crippen LogP contribution >= 0.6 is 0 Å². The highest BCUT2D eigenvalue weighted by Crippen LogP contribution is 2.08. The maximum absolute atomic E-state index is 11.6. The lowest BCUT2D eigenvalue weighted by Crippen LogP contribution is -2.47. The predicted octanol–water partition coefficient (Wildman–Crippen LogP) is 2.06. The topological polar surface area (TPSA) is 67.4 Å². The van der Waals surface area contributed by atoms with Crippen molar-refractivity contribution in [2.24, 2.45) is 5.92 Å². The summed E-state index contributed by atoms with van der Waals surface area (Å²) < 4.78 is 4.53. The Morgan fingerprint density at radius 2 is 1.67 bits per heavy atom. The van der Waals surface area contributed by atoms with Gasteiger partial charge in [-0.15, -0.1) is 0 Å². The number of hydrogen-bond donors (Lipinski definition) is 2. The molecule has 0 fully saturated rings. The first kappa shape index (κ1) is 16.7. The monoisotopic (exact) mass is 258 g/mol. The number of ether oxygens (including phenoxy) is 1. The molecule has 2 N–H and O–H groups in total. The Bertz CT molecular complexity index is 267. The second-order valence-electron chi connectivity index (χ2n) is 5.09. The zero-order valence-corrected chi connectivity index (χ0v) is 12.1. The highest BCUT2D eigenvalue weighted by molar-refractivity contribution is 5.83. The molecule has 0 aromatic heterocycles. The zero-order chi connectivity index (χ0) is 14.1. The van der Waals surface area contributed by atoms with E-state index in [4.69, 9.17) is 0 Å². The van der Waals surface area contributed by atoms with Crippen molar-refractivity contribution in [1.29, 1.82) is 0 Å². The van der Waals surface area contributed by atoms with Gasteiger partial charge in [-0.2, -0.15) is 0 Å². The fraction of sp³-hybridized carbons (Fsp3) is 0.846. The largest absolute Gasteiger partial charge is 0.467 e. The van der Waals surface area contributed by atoms with Gasteiger partial charge in [-0.3, -0.25) is 0 Å². The molecule has 18 heavy (non-hydrogen) atoms. The molecule has 0 aromatic carbocycles. The number of carbonyl (C=O) groups is 2. The maximum Gasteiger partial charge on any atom is 0.328 e. The zero-order valence-electron chi connectivity index (χ0n) is 12.1. The molecule has 0 saturated carbocycles. The highest BCUT2D eigenvalue weighted by atomic mass is 16.5. The Morgan fingerprint density at radius 1 is 1.06 bits per heavy atom. The molecule has 0 heterocycles. The van der Waals surface area contributed by atoms with Crippen LogP contribution in [-0.4, -0.2) is 31.2 Å². The first-order chi connectivity index (χ1) is 8.36. The molecule has 0 aliphatic heterocycles. The Balaban J connectivity index is 3.83. The lowest BCUT2D eigenvalue weighted by Gasteiger charge is -2.17. The van der Waals surface area contributed by atoms with Crippen molar-refractivity contribution in [3.05, 3.63) is 0 Å². The van der Waals surface area contributed by atoms with Crippen LogP contribution in [0.2, 0.25) is 0 Å². The van der Waals surface area contributed by atoms with Crippen molar-refractivity contribution < 1.29 is 14.3 Å². The molecular formula is C13H26N2O3. The van der Waals surface area contributed by atoms with Gasteiger partial charge in [0.2, 0.25) is 0 Å². The SMILES string of the molecule is COC(=O)[C@H](C)NC(=O)N[C@H](C)CCCC(C)C. The van der Waals surface area contributed by atoms with Gasteiger partial charge in [0, 0.05) is 6.04 Å². The summed E-state index contributed by atoms with van der Waals surface area (Å²) in [5.41, 5.74) is 0. The molecule has 0 aliphatic rings. The first-order valence-corrected chi connectivity index (χ1v) is 6.51. The summed E-state index contributed by atoms with van der Waals surface area (Å²) in [6, 6.07) is -0.851. The van der Waals surface area contributed by atoms with Gasteiger partial charge in [-0.25, -0.2) is 9.59 Å². The van der Waals surface area contributed by atoms with Crippen LogP contribution in [0.1, 0.15) is 47.0 Å². The van der Waals surface area contributed by atoms with Gasteiger partial charge in [-0.05, 0) is 26.2 Å². The van der Waals surface area contributed by atoms with Gasteiger partial charge in [-0.1, -0.05) is 26.7 Å². The molecule has 0 aliphatic carbocycles. The molecule has 0 aromatic rings. The number of carbonyl (C=O) groups excluding carboxylic acids is 2. The summed E-state index contributed by atoms with van der Waals surface area (Å²) in [7, 11) is 1.30. The van der Waals surface area contributed by atoms with Crippen LogP contribution in [0.15, 0.2) is 0 Å². The quantitative estimate of drug-likeness (QED) is 0.687. The molecule has 2 amide bonds. The van der Waals surface area contributed by atoms with Crippen molar-refractivity contribution in [2.45, 2.75) is 59.0 Å². The van der Waals surface area contributed by atoms with Crippen molar-refractivity contribution in [3.8, 4) is 0 Å². The minimum atomic E-state index is -0.627. The molecule has 0 bridgehead atoms. The second-order valence-corrected chi connectivity index (χ2v) is 5.09. The number of esters is 1. The van der Waals surface area contributed by atoms with Crippen LogP contribution in [0.5, 0.6) is 0 Å². The molecule has 0 radical (unpaired) electrons. The maximum atomic E-state index is 11.6. The molecule has 2 atom stereocenters. The average molecular weight is 258 g/mol. The van der Waals surface area contributed by atoms with E-state index >= 15 is 0 Å². The first-order valence-electron chi connectivity index (χ1n) is 6.51. The normalized spacial score (nSPS) is 13.9. The molecule has 5 heteroatoms. The number of nitrogens with one attached hydrogen (secondary N) is 2. The smallest absolute Gasteiger partial charge is 0.328 e. The van der Waals surface area contributed by atoms with E-state index in [0.29, 0.717) is 5.92 Å². The standard InChI is InChI=1S/C13H26N2O3/c1-9(2)7-6-8-10(3)14-13(17)15-11(4)12(16)18-5/h9-11H,6-8H2,1-5H3,(H2,14,15,17)/t10-,11+/m1/s1. The summed E-state index contributed by atoms with van der Waals surface area (Å²) in [5, 5.41) is 5.34. The van der Waals surface area contributed by atoms with Gasteiger partial charge in [0.1, 0.15) is 6.04 Å². The van der Waals surface area contributed by atoms with Gasteiger partial charge in [0.05, 0.1) is 7.11 Å². The fourth-order valence-electron chi connectivity index (χ4n) is 1.60. The summed E-state index contributed by atoms with van der Waals surface area (Å²) in [6.07, 6.45) is 3.19. The summed E-state index contributed by atoms with van der Waals surface area (Å²) in [6.45, 7) is 7.92. The van der Waals surface area contributed by atoms with E-state index in [9.17, 15) is 9.59 Å². The van der Waals surface area contributed by atoms with Gasteiger partial charge in [0.15, 0.2) is 0 Å². The third-order valence-electron chi connectivity index (χ3n) is 2.70. The minimum Gasteiger partial charge on any atom is -0.467 e.